The van der Waals surface area contributed by atoms with Crippen molar-refractivity contribution in [2.75, 3.05) is 6.61 Å². The summed E-state index contributed by atoms with van der Waals surface area (Å²) in [5.41, 5.74) is 2.04. The van der Waals surface area contributed by atoms with Gasteiger partial charge in [-0.3, -0.25) is 4.79 Å². The number of aliphatic hydroxyl groups is 1. The Kier molecular flexibility index (Phi) is 5.35. The molecule has 1 saturated carbocycles. The molecule has 0 unspecified atom stereocenters. The monoisotopic (exact) mass is 463 g/mol. The van der Waals surface area contributed by atoms with Gasteiger partial charge in [0.15, 0.2) is 5.78 Å². The molecule has 0 radical (unpaired) electrons. The van der Waals surface area contributed by atoms with Crippen LogP contribution < -0.4 is 0 Å². The van der Waals surface area contributed by atoms with Gasteiger partial charge in [0.2, 0.25) is 0 Å². The number of aliphatic hydroxyl groups excluding tert-OH is 1. The van der Waals surface area contributed by atoms with Crippen molar-refractivity contribution in [3.05, 3.63) is 76.7 Å². The van der Waals surface area contributed by atoms with Crippen LogP contribution in [0.1, 0.15) is 73.4 Å². The molecule has 5 nitrogen and oxygen atoms in total. The third-order valence-corrected chi connectivity index (χ3v) is 7.92. The largest absolute Gasteiger partial charge is 0.396 e. The lowest BCUT2D eigenvalue weighted by atomic mass is 9.66. The van der Waals surface area contributed by atoms with Crippen LogP contribution in [0.2, 0.25) is 0 Å². The molecule has 7 heteroatoms. The number of ketones is 1. The van der Waals surface area contributed by atoms with E-state index in [0.29, 0.717) is 5.69 Å². The summed E-state index contributed by atoms with van der Waals surface area (Å²) in [7, 11) is 0. The normalized spacial score (nSPS) is 23.1. The molecule has 2 aromatic heterocycles. The average molecular weight is 464 g/mol. The van der Waals surface area contributed by atoms with Crippen molar-refractivity contribution in [3.8, 4) is 11.3 Å². The van der Waals surface area contributed by atoms with Crippen LogP contribution in [0.4, 0.5) is 8.78 Å². The third-order valence-electron chi connectivity index (χ3n) is 7.92. The number of benzene rings is 1. The van der Waals surface area contributed by atoms with Gasteiger partial charge in [-0.25, -0.2) is 13.8 Å². The summed E-state index contributed by atoms with van der Waals surface area (Å²) in [6, 6.07) is 11.0. The van der Waals surface area contributed by atoms with Crippen LogP contribution in [0.15, 0.2) is 42.5 Å². The Hall–Kier alpha value is -3.06. The van der Waals surface area contributed by atoms with Gasteiger partial charge in [0.05, 0.1) is 28.1 Å². The molecule has 176 valence electrons. The first-order valence-electron chi connectivity index (χ1n) is 11.6. The third kappa shape index (κ3) is 3.13. The van der Waals surface area contributed by atoms with Gasteiger partial charge in [-0.15, -0.1) is 5.10 Å². The van der Waals surface area contributed by atoms with Crippen LogP contribution in [0.5, 0.6) is 0 Å². The fraction of sp³-hybridized carbons (Fsp3) is 0.407. The second kappa shape index (κ2) is 8.01. The highest BCUT2D eigenvalue weighted by atomic mass is 19.1. The molecule has 3 atom stereocenters. The zero-order chi connectivity index (χ0) is 24.3. The quantitative estimate of drug-likeness (QED) is 0.507. The molecule has 5 rings (SSSR count). The molecule has 2 heterocycles. The van der Waals surface area contributed by atoms with E-state index >= 15 is 0 Å². The molecular formula is C27H27F2N3O2. The summed E-state index contributed by atoms with van der Waals surface area (Å²) in [6.45, 7) is 6.10. The Morgan fingerprint density at radius 2 is 1.85 bits per heavy atom. The van der Waals surface area contributed by atoms with Gasteiger partial charge in [0.25, 0.3) is 0 Å². The van der Waals surface area contributed by atoms with Crippen LogP contribution in [-0.2, 0) is 5.41 Å². The van der Waals surface area contributed by atoms with Gasteiger partial charge in [-0.1, -0.05) is 32.9 Å². The lowest BCUT2D eigenvalue weighted by Crippen LogP contribution is -2.38. The number of aromatic nitrogens is 3. The number of rotatable bonds is 6. The summed E-state index contributed by atoms with van der Waals surface area (Å²) in [5.74, 6) is -1.46. The van der Waals surface area contributed by atoms with E-state index in [4.69, 9.17) is 4.98 Å². The zero-order valence-electron chi connectivity index (χ0n) is 19.5. The number of pyridine rings is 1. The SMILES string of the molecule is C[C@@H](CO)CC(=O)c1cccc([C@@]23CC[C@@H](c4cc(-c5c(F)cccc5F)nnc42)C3(C)C)n1. The maximum Gasteiger partial charge on any atom is 0.181 e. The highest BCUT2D eigenvalue weighted by molar-refractivity contribution is 5.94. The van der Waals surface area contributed by atoms with Gasteiger partial charge in [-0.2, -0.15) is 5.10 Å². The van der Waals surface area contributed by atoms with Gasteiger partial charge in [0, 0.05) is 13.0 Å². The number of fused-ring (bicyclic) bond motifs is 5. The average Bonchev–Trinajstić information content (AvgIpc) is 3.20. The van der Waals surface area contributed by atoms with E-state index in [2.05, 4.69) is 24.0 Å². The highest BCUT2D eigenvalue weighted by Gasteiger charge is 2.65. The molecule has 0 aliphatic heterocycles. The Labute approximate surface area is 197 Å². The molecule has 0 amide bonds. The van der Waals surface area contributed by atoms with E-state index in [1.54, 1.807) is 12.1 Å². The van der Waals surface area contributed by atoms with E-state index in [0.717, 1.165) is 29.8 Å². The van der Waals surface area contributed by atoms with Crippen LogP contribution in [0, 0.1) is 23.0 Å². The van der Waals surface area contributed by atoms with Gasteiger partial charge >= 0.3 is 0 Å². The van der Waals surface area contributed by atoms with Crippen molar-refractivity contribution in [1.82, 2.24) is 15.2 Å². The van der Waals surface area contributed by atoms with Crippen LogP contribution in [0.3, 0.4) is 0 Å². The first kappa shape index (κ1) is 22.7. The van der Waals surface area contributed by atoms with Crippen molar-refractivity contribution in [2.24, 2.45) is 11.3 Å². The van der Waals surface area contributed by atoms with Crippen molar-refractivity contribution in [1.29, 1.82) is 0 Å². The van der Waals surface area contributed by atoms with E-state index < -0.39 is 17.0 Å². The smallest absolute Gasteiger partial charge is 0.181 e. The lowest BCUT2D eigenvalue weighted by molar-refractivity contribution is 0.0937. The summed E-state index contributed by atoms with van der Waals surface area (Å²) in [4.78, 5) is 17.6. The fourth-order valence-corrected chi connectivity index (χ4v) is 6.07. The minimum absolute atomic E-state index is 0.0576. The number of hydrogen-bond donors (Lipinski definition) is 1. The molecule has 2 aliphatic carbocycles. The van der Waals surface area contributed by atoms with Gasteiger partial charge in [0.1, 0.15) is 17.3 Å². The number of carbonyl (C=O) groups excluding carboxylic acids is 1. The van der Waals surface area contributed by atoms with Crippen molar-refractivity contribution < 1.29 is 18.7 Å². The molecular weight excluding hydrogens is 436 g/mol. The van der Waals surface area contributed by atoms with E-state index in [-0.39, 0.29) is 47.3 Å². The van der Waals surface area contributed by atoms with Crippen molar-refractivity contribution >= 4 is 5.78 Å². The first-order valence-corrected chi connectivity index (χ1v) is 11.6. The molecule has 34 heavy (non-hydrogen) atoms. The zero-order valence-corrected chi connectivity index (χ0v) is 19.5. The predicted molar refractivity (Wildman–Crippen MR) is 123 cm³/mol. The summed E-state index contributed by atoms with van der Waals surface area (Å²) in [5, 5.41) is 18.1. The summed E-state index contributed by atoms with van der Waals surface area (Å²) < 4.78 is 28.9. The molecule has 1 N–H and O–H groups in total. The Morgan fingerprint density at radius 1 is 1.15 bits per heavy atom. The lowest BCUT2D eigenvalue weighted by Gasteiger charge is -2.37. The minimum atomic E-state index is -0.670. The van der Waals surface area contributed by atoms with Crippen LogP contribution in [0.25, 0.3) is 11.3 Å². The summed E-state index contributed by atoms with van der Waals surface area (Å²) in [6.07, 6.45) is 1.91. The number of nitrogens with zero attached hydrogens (tertiary/aromatic N) is 3. The maximum absolute atomic E-state index is 14.4. The second-order valence-corrected chi connectivity index (χ2v) is 10.2. The van der Waals surface area contributed by atoms with E-state index in [1.165, 1.54) is 18.2 Å². The number of carbonyl (C=O) groups is 1. The Bertz CT molecular complexity index is 1270. The second-order valence-electron chi connectivity index (χ2n) is 10.2. The molecule has 1 fully saturated rings. The van der Waals surface area contributed by atoms with E-state index in [1.807, 2.05) is 19.1 Å². The topological polar surface area (TPSA) is 76.0 Å². The van der Waals surface area contributed by atoms with Gasteiger partial charge in [-0.05, 0) is 66.0 Å². The Morgan fingerprint density at radius 3 is 2.56 bits per heavy atom. The predicted octanol–water partition coefficient (Wildman–Crippen LogP) is 5.22. The molecule has 2 bridgehead atoms. The number of hydrogen-bond acceptors (Lipinski definition) is 5. The molecule has 3 aromatic rings. The van der Waals surface area contributed by atoms with Gasteiger partial charge < -0.3 is 5.11 Å². The van der Waals surface area contributed by atoms with Crippen molar-refractivity contribution in [2.45, 2.75) is 51.4 Å². The number of halogens is 2. The van der Waals surface area contributed by atoms with Crippen molar-refractivity contribution in [3.63, 3.8) is 0 Å². The maximum atomic E-state index is 14.4. The van der Waals surface area contributed by atoms with Crippen LogP contribution >= 0.6 is 0 Å². The molecule has 0 spiro atoms. The molecule has 0 saturated heterocycles. The first-order chi connectivity index (χ1) is 16.2. The Balaban J connectivity index is 1.62. The number of Topliss-reactive ketones (excluding diaryl/α,β-unsaturated/α-hetero) is 1. The highest BCUT2D eigenvalue weighted by Crippen LogP contribution is 2.69. The summed E-state index contributed by atoms with van der Waals surface area (Å²) >= 11 is 0. The van der Waals surface area contributed by atoms with Crippen LogP contribution in [-0.4, -0.2) is 32.7 Å². The molecule has 1 aromatic carbocycles. The fourth-order valence-electron chi connectivity index (χ4n) is 6.07. The molecule has 2 aliphatic rings. The minimum Gasteiger partial charge on any atom is -0.396 e. The van der Waals surface area contributed by atoms with E-state index in [9.17, 15) is 18.7 Å². The standard InChI is InChI=1S/C27H27F2N3O2/c1-15(14-33)12-22(34)20-8-5-9-23(30-20)27-11-10-17(26(27,2)3)16-13-21(31-32-25(16)27)24-18(28)6-4-7-19(24)29/h4-9,13,15,17,33H,10-12,14H2,1-3H3/t15-,17+,27+/m1/s1.